The third-order valence-electron chi connectivity index (χ3n) is 3.81. The maximum absolute atomic E-state index is 12.4. The minimum absolute atomic E-state index is 0.108. The van der Waals surface area contributed by atoms with E-state index in [1.807, 2.05) is 0 Å². The second-order valence-electron chi connectivity index (χ2n) is 5.58. The second kappa shape index (κ2) is 6.67. The van der Waals surface area contributed by atoms with Crippen molar-refractivity contribution in [3.8, 4) is 5.75 Å². The second-order valence-corrected chi connectivity index (χ2v) is 6.97. The molecule has 0 bridgehead atoms. The van der Waals surface area contributed by atoms with Crippen LogP contribution in [-0.2, 0) is 10.1 Å². The Morgan fingerprint density at radius 3 is 2.30 bits per heavy atom. The van der Waals surface area contributed by atoms with Gasteiger partial charge in [0.25, 0.3) is 21.7 Å². The molecular formula is C17H12N2O7S. The zero-order valence-electron chi connectivity index (χ0n) is 13.5. The summed E-state index contributed by atoms with van der Waals surface area (Å²) in [7, 11) is -4.60. The fourth-order valence-electron chi connectivity index (χ4n) is 2.59. The predicted octanol–water partition coefficient (Wildman–Crippen LogP) is 2.95. The molecule has 0 aliphatic rings. The molecule has 9 nitrogen and oxygen atoms in total. The molecular weight excluding hydrogens is 376 g/mol. The molecule has 0 saturated heterocycles. The van der Waals surface area contributed by atoms with E-state index >= 15 is 0 Å². The highest BCUT2D eigenvalue weighted by atomic mass is 32.2. The van der Waals surface area contributed by atoms with Crippen LogP contribution in [0.15, 0.2) is 59.5 Å². The van der Waals surface area contributed by atoms with Crippen LogP contribution in [0.25, 0.3) is 10.8 Å². The molecule has 0 spiro atoms. The molecule has 0 aliphatic carbocycles. The van der Waals surface area contributed by atoms with Crippen LogP contribution in [0.1, 0.15) is 10.4 Å². The predicted molar refractivity (Wildman–Crippen MR) is 96.5 cm³/mol. The summed E-state index contributed by atoms with van der Waals surface area (Å²) < 4.78 is 32.4. The molecule has 27 heavy (non-hydrogen) atoms. The molecule has 0 heterocycles. The molecule has 1 amide bonds. The van der Waals surface area contributed by atoms with E-state index in [9.17, 15) is 33.0 Å². The summed E-state index contributed by atoms with van der Waals surface area (Å²) in [4.78, 5) is 22.0. The first-order chi connectivity index (χ1) is 12.7. The van der Waals surface area contributed by atoms with Crippen molar-refractivity contribution in [1.82, 2.24) is 0 Å². The van der Waals surface area contributed by atoms with E-state index in [-0.39, 0.29) is 27.7 Å². The minimum atomic E-state index is -4.60. The van der Waals surface area contributed by atoms with Crippen LogP contribution in [0.2, 0.25) is 0 Å². The lowest BCUT2D eigenvalue weighted by Gasteiger charge is -2.11. The van der Waals surface area contributed by atoms with Crippen molar-refractivity contribution in [2.75, 3.05) is 5.32 Å². The molecule has 10 heteroatoms. The summed E-state index contributed by atoms with van der Waals surface area (Å²) in [6, 6.07) is 11.4. The molecule has 0 aliphatic heterocycles. The molecule has 0 aromatic heterocycles. The Bertz CT molecular complexity index is 1170. The summed E-state index contributed by atoms with van der Waals surface area (Å²) >= 11 is 0. The topological polar surface area (TPSA) is 147 Å². The van der Waals surface area contributed by atoms with E-state index in [0.717, 1.165) is 6.07 Å². The van der Waals surface area contributed by atoms with Crippen molar-refractivity contribution in [3.63, 3.8) is 0 Å². The van der Waals surface area contributed by atoms with Crippen molar-refractivity contribution in [2.24, 2.45) is 0 Å². The highest BCUT2D eigenvalue weighted by molar-refractivity contribution is 7.86. The Morgan fingerprint density at radius 1 is 1.04 bits per heavy atom. The first-order valence-corrected chi connectivity index (χ1v) is 8.90. The number of nitro groups is 1. The van der Waals surface area contributed by atoms with Gasteiger partial charge in [-0.3, -0.25) is 19.5 Å². The molecule has 3 aromatic carbocycles. The molecule has 138 valence electrons. The van der Waals surface area contributed by atoms with Gasteiger partial charge in [-0.1, -0.05) is 12.1 Å². The van der Waals surface area contributed by atoms with Crippen molar-refractivity contribution >= 4 is 38.2 Å². The van der Waals surface area contributed by atoms with E-state index in [2.05, 4.69) is 5.32 Å². The number of hydrogen-bond donors (Lipinski definition) is 3. The van der Waals surface area contributed by atoms with Crippen LogP contribution in [0, 0.1) is 10.1 Å². The quantitative estimate of drug-likeness (QED) is 0.354. The summed E-state index contributed by atoms with van der Waals surface area (Å²) in [6.07, 6.45) is 0. The number of carbonyl (C=O) groups excluding carboxylic acids is 1. The van der Waals surface area contributed by atoms with Gasteiger partial charge in [0.2, 0.25) is 0 Å². The van der Waals surface area contributed by atoms with Gasteiger partial charge in [0.1, 0.15) is 10.6 Å². The molecule has 0 radical (unpaired) electrons. The van der Waals surface area contributed by atoms with Gasteiger partial charge in [0.15, 0.2) is 0 Å². The lowest BCUT2D eigenvalue weighted by atomic mass is 10.1. The normalized spacial score (nSPS) is 11.3. The number of rotatable bonds is 4. The average Bonchev–Trinajstić information content (AvgIpc) is 2.61. The third-order valence-corrected chi connectivity index (χ3v) is 4.70. The maximum Gasteiger partial charge on any atom is 0.295 e. The van der Waals surface area contributed by atoms with Crippen LogP contribution in [0.5, 0.6) is 5.75 Å². The van der Waals surface area contributed by atoms with Crippen LogP contribution in [0.4, 0.5) is 11.4 Å². The molecule has 0 saturated carbocycles. The number of nitrogens with one attached hydrogen (secondary N) is 1. The van der Waals surface area contributed by atoms with Gasteiger partial charge in [0, 0.05) is 40.2 Å². The number of fused-ring (bicyclic) bond motifs is 1. The summed E-state index contributed by atoms with van der Waals surface area (Å²) in [6.45, 7) is 0. The molecule has 0 fully saturated rings. The zero-order chi connectivity index (χ0) is 19.8. The van der Waals surface area contributed by atoms with Crippen molar-refractivity contribution in [1.29, 1.82) is 0 Å². The summed E-state index contributed by atoms with van der Waals surface area (Å²) in [5.41, 5.74) is 0.170. The van der Waals surface area contributed by atoms with Gasteiger partial charge in [-0.05, 0) is 24.3 Å². The fourth-order valence-corrected chi connectivity index (χ4v) is 3.31. The Labute approximate surface area is 152 Å². The molecule has 3 aromatic rings. The van der Waals surface area contributed by atoms with Crippen molar-refractivity contribution in [3.05, 3.63) is 70.3 Å². The van der Waals surface area contributed by atoms with Crippen molar-refractivity contribution in [2.45, 2.75) is 4.90 Å². The number of nitro benzene ring substituents is 1. The standard InChI is InChI=1S/C17H12N2O7S/c20-12-8-14-13(16(9-12)27(24,25)26)2-1-3-15(14)18-17(21)10-4-6-11(7-5-10)19(22)23/h1-9,20H,(H,18,21)(H,24,25,26). The van der Waals surface area contributed by atoms with Gasteiger partial charge < -0.3 is 10.4 Å². The summed E-state index contributed by atoms with van der Waals surface area (Å²) in [5.74, 6) is -0.999. The number of non-ortho nitro benzene ring substituents is 1. The first kappa shape index (κ1) is 18.3. The van der Waals surface area contributed by atoms with Gasteiger partial charge >= 0.3 is 0 Å². The Hall–Kier alpha value is -3.50. The van der Waals surface area contributed by atoms with Crippen LogP contribution in [-0.4, -0.2) is 28.9 Å². The third kappa shape index (κ3) is 3.71. The number of benzene rings is 3. The van der Waals surface area contributed by atoms with Crippen LogP contribution >= 0.6 is 0 Å². The molecule has 0 atom stereocenters. The number of phenols is 1. The number of nitrogens with zero attached hydrogens (tertiary/aromatic N) is 1. The van der Waals surface area contributed by atoms with Gasteiger partial charge in [0.05, 0.1) is 4.92 Å². The Morgan fingerprint density at radius 2 is 1.70 bits per heavy atom. The SMILES string of the molecule is O=C(Nc1cccc2c(S(=O)(=O)O)cc(O)cc12)c1ccc([N+](=O)[O-])cc1. The molecule has 3 rings (SSSR count). The molecule has 0 unspecified atom stereocenters. The minimum Gasteiger partial charge on any atom is -0.508 e. The maximum atomic E-state index is 12.4. The van der Waals surface area contributed by atoms with Gasteiger partial charge in [-0.25, -0.2) is 0 Å². The van der Waals surface area contributed by atoms with E-state index in [1.165, 1.54) is 48.5 Å². The average molecular weight is 388 g/mol. The lowest BCUT2D eigenvalue weighted by Crippen LogP contribution is -2.12. The van der Waals surface area contributed by atoms with E-state index in [1.54, 1.807) is 0 Å². The zero-order valence-corrected chi connectivity index (χ0v) is 14.3. The first-order valence-electron chi connectivity index (χ1n) is 7.46. The van der Waals surface area contributed by atoms with Gasteiger partial charge in [-0.15, -0.1) is 0 Å². The monoisotopic (exact) mass is 388 g/mol. The van der Waals surface area contributed by atoms with E-state index in [0.29, 0.717) is 0 Å². The fraction of sp³-hybridized carbons (Fsp3) is 0. The van der Waals surface area contributed by atoms with Gasteiger partial charge in [-0.2, -0.15) is 8.42 Å². The number of anilines is 1. The highest BCUT2D eigenvalue weighted by Crippen LogP contribution is 2.33. The Balaban J connectivity index is 2.03. The largest absolute Gasteiger partial charge is 0.508 e. The lowest BCUT2D eigenvalue weighted by molar-refractivity contribution is -0.384. The molecule has 3 N–H and O–H groups in total. The number of phenolic OH excluding ortho intramolecular Hbond substituents is 1. The number of hydrogen-bond acceptors (Lipinski definition) is 6. The van der Waals surface area contributed by atoms with Crippen LogP contribution in [0.3, 0.4) is 0 Å². The highest BCUT2D eigenvalue weighted by Gasteiger charge is 2.18. The summed E-state index contributed by atoms with van der Waals surface area (Å²) in [5, 5.41) is 23.3. The Kier molecular flexibility index (Phi) is 4.52. The smallest absolute Gasteiger partial charge is 0.295 e. The van der Waals surface area contributed by atoms with E-state index in [4.69, 9.17) is 0 Å². The van der Waals surface area contributed by atoms with E-state index < -0.39 is 31.6 Å². The number of carbonyl (C=O) groups is 1. The number of aromatic hydroxyl groups is 1. The number of amides is 1. The van der Waals surface area contributed by atoms with Crippen LogP contribution < -0.4 is 5.32 Å². The van der Waals surface area contributed by atoms with Crippen molar-refractivity contribution < 1.29 is 27.8 Å².